The number of hydrogen-bond donors (Lipinski definition) is 2. The summed E-state index contributed by atoms with van der Waals surface area (Å²) in [5.74, 6) is 0.753. The lowest BCUT2D eigenvalue weighted by Crippen LogP contribution is -2.52. The van der Waals surface area contributed by atoms with E-state index in [9.17, 15) is 15.7 Å². The average molecular weight is 546 g/mol. The molecular weight excluding hydrogens is 514 g/mol. The van der Waals surface area contributed by atoms with E-state index in [-0.39, 0.29) is 0 Å². The molecule has 1 saturated heterocycles. The van der Waals surface area contributed by atoms with E-state index < -0.39 is 17.2 Å². The number of nitrogens with zero attached hydrogens (tertiary/aromatic N) is 5. The fourth-order valence-electron chi connectivity index (χ4n) is 5.46. The largest absolute Gasteiger partial charge is 0.487 e. The van der Waals surface area contributed by atoms with Crippen LogP contribution in [-0.4, -0.2) is 45.8 Å². The fourth-order valence-corrected chi connectivity index (χ4v) is 5.59. The van der Waals surface area contributed by atoms with Crippen molar-refractivity contribution in [1.29, 1.82) is 0 Å². The predicted octanol–water partition coefficient (Wildman–Crippen LogP) is 5.95. The molecule has 0 amide bonds. The second-order valence-corrected chi connectivity index (χ2v) is 11.1. The Hall–Kier alpha value is -3.39. The summed E-state index contributed by atoms with van der Waals surface area (Å²) in [4.78, 5) is 9.81. The zero-order valence-electron chi connectivity index (χ0n) is 22.1. The molecule has 2 N–H and O–H groups in total. The summed E-state index contributed by atoms with van der Waals surface area (Å²) in [5.41, 5.74) is 12.6. The molecule has 8 nitrogen and oxygen atoms in total. The first-order chi connectivity index (χ1) is 18.7. The number of rotatable bonds is 6. The highest BCUT2D eigenvalue weighted by atomic mass is 35.5. The number of likely N-dealkylation sites (tertiary alicyclic amines) is 1. The Balaban J connectivity index is 1.39. The van der Waals surface area contributed by atoms with E-state index in [0.717, 1.165) is 45.7 Å². The van der Waals surface area contributed by atoms with E-state index in [2.05, 4.69) is 32.1 Å². The first-order valence-electron chi connectivity index (χ1n) is 13.1. The van der Waals surface area contributed by atoms with Gasteiger partial charge in [0.25, 0.3) is 0 Å². The van der Waals surface area contributed by atoms with E-state index in [0.29, 0.717) is 37.7 Å². The number of β-amino-alcohol motifs (C(OH)–C–C–N with tert-alkyl or cyclic N) is 1. The van der Waals surface area contributed by atoms with E-state index in [1.807, 2.05) is 36.4 Å². The number of ether oxygens (including phenoxy) is 1. The van der Waals surface area contributed by atoms with Crippen LogP contribution in [0.15, 0.2) is 72.0 Å². The normalized spacial score (nSPS) is 22.3. The number of aliphatic hydroxyl groups is 2. The molecule has 1 fully saturated rings. The van der Waals surface area contributed by atoms with Gasteiger partial charge in [0.05, 0.1) is 17.4 Å². The molecule has 2 atom stereocenters. The van der Waals surface area contributed by atoms with Gasteiger partial charge in [-0.05, 0) is 85.8 Å². The summed E-state index contributed by atoms with van der Waals surface area (Å²) in [6.07, 6.45) is 4.31. The van der Waals surface area contributed by atoms with E-state index >= 15 is 0 Å². The third kappa shape index (κ3) is 5.53. The summed E-state index contributed by atoms with van der Waals surface area (Å²) >= 11 is 6.05. The minimum Gasteiger partial charge on any atom is -0.487 e. The maximum atomic E-state index is 11.2. The lowest BCUT2D eigenvalue weighted by Gasteiger charge is -2.43. The van der Waals surface area contributed by atoms with Gasteiger partial charge in [-0.25, -0.2) is 0 Å². The Morgan fingerprint density at radius 2 is 2.03 bits per heavy atom. The maximum absolute atomic E-state index is 11.2. The molecule has 0 saturated carbocycles. The SMILES string of the molecule is CC(C)(O)c1ccc2c(c1)/C(=C/CCN1CCC(N=[N+]=[N-])(c3ccc(Cl)cc3)C(O)C1)c1cccnc1CO2. The smallest absolute Gasteiger partial charge is 0.131 e. The standard InChI is InChI=1S/C30H32ClN5O3/c1-29(2,38)21-9-12-27-25(17-21)23(24-5-3-14-33-26(24)19-39-27)6-4-15-36-16-13-30(34-35-32,28(37)18-36)20-7-10-22(31)11-8-20/h3,5-12,14,17,28,37-38H,4,13,15-16,18-19H2,1-2H3/b23-6+. The van der Waals surface area contributed by atoms with Crippen LogP contribution in [0.2, 0.25) is 5.02 Å². The van der Waals surface area contributed by atoms with Gasteiger partial charge < -0.3 is 19.8 Å². The molecule has 2 unspecified atom stereocenters. The van der Waals surface area contributed by atoms with Crippen molar-refractivity contribution in [2.24, 2.45) is 5.11 Å². The van der Waals surface area contributed by atoms with Crippen molar-refractivity contribution in [3.05, 3.63) is 110 Å². The van der Waals surface area contributed by atoms with Crippen LogP contribution in [0.3, 0.4) is 0 Å². The number of aromatic nitrogens is 1. The number of aliphatic hydroxyl groups excluding tert-OH is 1. The third-order valence-electron chi connectivity index (χ3n) is 7.67. The summed E-state index contributed by atoms with van der Waals surface area (Å²) in [6, 6.07) is 16.9. The van der Waals surface area contributed by atoms with Crippen LogP contribution in [-0.2, 0) is 17.7 Å². The van der Waals surface area contributed by atoms with Gasteiger partial charge in [0, 0.05) is 40.3 Å². The summed E-state index contributed by atoms with van der Waals surface area (Å²) in [6.45, 7) is 5.67. The lowest BCUT2D eigenvalue weighted by molar-refractivity contribution is 0.00244. The zero-order valence-corrected chi connectivity index (χ0v) is 22.8. The summed E-state index contributed by atoms with van der Waals surface area (Å²) in [7, 11) is 0. The molecule has 202 valence electrons. The molecule has 0 radical (unpaired) electrons. The van der Waals surface area contributed by atoms with Crippen LogP contribution >= 0.6 is 11.6 Å². The molecule has 2 aliphatic rings. The van der Waals surface area contributed by atoms with Crippen molar-refractivity contribution in [1.82, 2.24) is 9.88 Å². The summed E-state index contributed by atoms with van der Waals surface area (Å²) in [5, 5.41) is 26.5. The first kappa shape index (κ1) is 27.2. The fraction of sp³-hybridized carbons (Fsp3) is 0.367. The molecule has 3 aromatic rings. The van der Waals surface area contributed by atoms with E-state index in [1.54, 1.807) is 32.2 Å². The zero-order chi connectivity index (χ0) is 27.6. The molecule has 39 heavy (non-hydrogen) atoms. The van der Waals surface area contributed by atoms with Crippen molar-refractivity contribution < 1.29 is 14.9 Å². The molecule has 2 aromatic carbocycles. The molecule has 0 aliphatic carbocycles. The minimum atomic E-state index is -1.02. The first-order valence-corrected chi connectivity index (χ1v) is 13.5. The third-order valence-corrected chi connectivity index (χ3v) is 7.93. The van der Waals surface area contributed by atoms with Crippen molar-refractivity contribution in [3.63, 3.8) is 0 Å². The molecule has 3 heterocycles. The van der Waals surface area contributed by atoms with Crippen molar-refractivity contribution in [2.75, 3.05) is 19.6 Å². The maximum Gasteiger partial charge on any atom is 0.131 e. The quantitative estimate of drug-likeness (QED) is 0.226. The van der Waals surface area contributed by atoms with Gasteiger partial charge in [-0.3, -0.25) is 4.98 Å². The van der Waals surface area contributed by atoms with Gasteiger partial charge in [-0.15, -0.1) is 0 Å². The number of piperidine rings is 1. The molecule has 0 bridgehead atoms. The molecule has 9 heteroatoms. The molecule has 0 spiro atoms. The Morgan fingerprint density at radius 1 is 1.23 bits per heavy atom. The molecule has 1 aromatic heterocycles. The van der Waals surface area contributed by atoms with Gasteiger partial charge in [-0.2, -0.15) is 0 Å². The number of hydrogen-bond acceptors (Lipinski definition) is 6. The van der Waals surface area contributed by atoms with Crippen molar-refractivity contribution >= 4 is 17.2 Å². The molecule has 2 aliphatic heterocycles. The number of pyridine rings is 1. The number of fused-ring (bicyclic) bond motifs is 2. The van der Waals surface area contributed by atoms with Crippen molar-refractivity contribution in [3.8, 4) is 5.75 Å². The van der Waals surface area contributed by atoms with E-state index in [1.165, 1.54) is 0 Å². The monoisotopic (exact) mass is 545 g/mol. The van der Waals surface area contributed by atoms with E-state index in [4.69, 9.17) is 16.3 Å². The molecule has 5 rings (SSSR count). The van der Waals surface area contributed by atoms with Crippen LogP contribution in [0, 0.1) is 0 Å². The van der Waals surface area contributed by atoms with Gasteiger partial charge in [-0.1, -0.05) is 47.1 Å². The highest BCUT2D eigenvalue weighted by Crippen LogP contribution is 2.40. The highest BCUT2D eigenvalue weighted by Gasteiger charge is 2.43. The Morgan fingerprint density at radius 3 is 2.74 bits per heavy atom. The van der Waals surface area contributed by atoms with Crippen molar-refractivity contribution in [2.45, 2.75) is 50.5 Å². The van der Waals surface area contributed by atoms with Gasteiger partial charge in [0.15, 0.2) is 0 Å². The Labute approximate surface area is 233 Å². The van der Waals surface area contributed by atoms with Crippen LogP contribution < -0.4 is 4.74 Å². The summed E-state index contributed by atoms with van der Waals surface area (Å²) < 4.78 is 6.10. The number of benzene rings is 2. The van der Waals surface area contributed by atoms with Gasteiger partial charge in [0.1, 0.15) is 17.9 Å². The average Bonchev–Trinajstić information content (AvgIpc) is 3.07. The Kier molecular flexibility index (Phi) is 7.67. The molecular formula is C30H32ClN5O3. The second kappa shape index (κ2) is 11.0. The van der Waals surface area contributed by atoms with Crippen LogP contribution in [0.1, 0.15) is 54.6 Å². The predicted molar refractivity (Wildman–Crippen MR) is 151 cm³/mol. The van der Waals surface area contributed by atoms with Crippen LogP contribution in [0.5, 0.6) is 5.75 Å². The second-order valence-electron chi connectivity index (χ2n) is 10.6. The highest BCUT2D eigenvalue weighted by molar-refractivity contribution is 6.30. The van der Waals surface area contributed by atoms with Gasteiger partial charge >= 0.3 is 0 Å². The lowest BCUT2D eigenvalue weighted by atomic mass is 9.79. The van der Waals surface area contributed by atoms with Gasteiger partial charge in [0.2, 0.25) is 0 Å². The minimum absolute atomic E-state index is 0.368. The Bertz CT molecular complexity index is 1430. The van der Waals surface area contributed by atoms with Crippen LogP contribution in [0.4, 0.5) is 0 Å². The number of halogens is 1. The van der Waals surface area contributed by atoms with Crippen LogP contribution in [0.25, 0.3) is 16.0 Å². The topological polar surface area (TPSA) is 115 Å². The number of azide groups is 1.